The SMILES string of the molecule is CCNC(C)(CCCCN1CCC(C)C(C)C1)C(=O)O. The van der Waals surface area contributed by atoms with Gasteiger partial charge in [0.1, 0.15) is 5.54 Å². The number of piperidine rings is 1. The zero-order valence-electron chi connectivity index (χ0n) is 13.6. The molecule has 0 bridgehead atoms. The van der Waals surface area contributed by atoms with E-state index in [0.717, 1.165) is 31.2 Å². The molecule has 1 fully saturated rings. The van der Waals surface area contributed by atoms with Gasteiger partial charge in [-0.1, -0.05) is 20.8 Å². The molecule has 0 aromatic heterocycles. The number of carboxylic acids is 1. The molecule has 1 saturated heterocycles. The third-order valence-electron chi connectivity index (χ3n) is 4.86. The van der Waals surface area contributed by atoms with Gasteiger partial charge in [0.05, 0.1) is 0 Å². The molecule has 0 aromatic rings. The number of likely N-dealkylation sites (tertiary alicyclic amines) is 1. The third-order valence-corrected chi connectivity index (χ3v) is 4.86. The number of carbonyl (C=O) groups is 1. The van der Waals surface area contributed by atoms with Crippen LogP contribution in [0.25, 0.3) is 0 Å². The fourth-order valence-corrected chi connectivity index (χ4v) is 3.03. The Bertz CT molecular complexity index is 309. The molecular formula is C16H32N2O2. The number of nitrogens with zero attached hydrogens (tertiary/aromatic N) is 1. The minimum atomic E-state index is -0.765. The average Bonchev–Trinajstić information content (AvgIpc) is 2.39. The molecule has 118 valence electrons. The predicted molar refractivity (Wildman–Crippen MR) is 83.0 cm³/mol. The standard InChI is InChI=1S/C16H32N2O2/c1-5-17-16(4,15(19)20)9-6-7-10-18-11-8-13(2)14(3)12-18/h13-14,17H,5-12H2,1-4H3,(H,19,20). The topological polar surface area (TPSA) is 52.6 Å². The van der Waals surface area contributed by atoms with E-state index in [2.05, 4.69) is 24.1 Å². The highest BCUT2D eigenvalue weighted by molar-refractivity contribution is 5.78. The third kappa shape index (κ3) is 5.06. The molecule has 0 aromatic carbocycles. The van der Waals surface area contributed by atoms with Gasteiger partial charge >= 0.3 is 5.97 Å². The largest absolute Gasteiger partial charge is 0.480 e. The Morgan fingerprint density at radius 1 is 1.35 bits per heavy atom. The summed E-state index contributed by atoms with van der Waals surface area (Å²) in [6.45, 7) is 12.6. The van der Waals surface area contributed by atoms with Gasteiger partial charge < -0.3 is 15.3 Å². The van der Waals surface area contributed by atoms with E-state index >= 15 is 0 Å². The second-order valence-corrected chi connectivity index (χ2v) is 6.67. The second kappa shape index (κ2) is 7.99. The molecule has 20 heavy (non-hydrogen) atoms. The fraction of sp³-hybridized carbons (Fsp3) is 0.938. The summed E-state index contributed by atoms with van der Waals surface area (Å²) in [5.74, 6) is 0.893. The van der Waals surface area contributed by atoms with Crippen LogP contribution in [0.1, 0.15) is 53.4 Å². The summed E-state index contributed by atoms with van der Waals surface area (Å²) in [6.07, 6.45) is 4.06. The van der Waals surface area contributed by atoms with Crippen molar-refractivity contribution in [1.29, 1.82) is 0 Å². The van der Waals surface area contributed by atoms with Crippen molar-refractivity contribution >= 4 is 5.97 Å². The van der Waals surface area contributed by atoms with Crippen LogP contribution in [0.3, 0.4) is 0 Å². The first-order valence-electron chi connectivity index (χ1n) is 8.10. The van der Waals surface area contributed by atoms with E-state index in [-0.39, 0.29) is 0 Å². The highest BCUT2D eigenvalue weighted by Crippen LogP contribution is 2.23. The molecule has 0 saturated carbocycles. The number of hydrogen-bond acceptors (Lipinski definition) is 3. The van der Waals surface area contributed by atoms with Gasteiger partial charge in [0, 0.05) is 6.54 Å². The number of nitrogens with one attached hydrogen (secondary N) is 1. The van der Waals surface area contributed by atoms with Gasteiger partial charge in [-0.05, 0) is 64.1 Å². The Morgan fingerprint density at radius 2 is 2.05 bits per heavy atom. The van der Waals surface area contributed by atoms with Gasteiger partial charge in [-0.15, -0.1) is 0 Å². The highest BCUT2D eigenvalue weighted by atomic mass is 16.4. The zero-order chi connectivity index (χ0) is 15.2. The van der Waals surface area contributed by atoms with Crippen molar-refractivity contribution in [3.8, 4) is 0 Å². The number of aliphatic carboxylic acids is 1. The predicted octanol–water partition coefficient (Wildman–Crippen LogP) is 2.59. The van der Waals surface area contributed by atoms with Crippen molar-refractivity contribution in [2.24, 2.45) is 11.8 Å². The Labute approximate surface area is 123 Å². The van der Waals surface area contributed by atoms with Crippen molar-refractivity contribution in [1.82, 2.24) is 10.2 Å². The zero-order valence-corrected chi connectivity index (χ0v) is 13.6. The van der Waals surface area contributed by atoms with Crippen molar-refractivity contribution in [3.05, 3.63) is 0 Å². The normalized spacial score (nSPS) is 27.2. The number of rotatable bonds is 8. The molecular weight excluding hydrogens is 252 g/mol. The van der Waals surface area contributed by atoms with Crippen LogP contribution in [-0.2, 0) is 4.79 Å². The molecule has 1 heterocycles. The van der Waals surface area contributed by atoms with Crippen LogP contribution >= 0.6 is 0 Å². The van der Waals surface area contributed by atoms with Crippen molar-refractivity contribution in [2.75, 3.05) is 26.2 Å². The molecule has 1 rings (SSSR count). The van der Waals surface area contributed by atoms with Gasteiger partial charge in [-0.2, -0.15) is 0 Å². The van der Waals surface area contributed by atoms with Crippen molar-refractivity contribution in [3.63, 3.8) is 0 Å². The molecule has 0 radical (unpaired) electrons. The van der Waals surface area contributed by atoms with Gasteiger partial charge in [0.15, 0.2) is 0 Å². The van der Waals surface area contributed by atoms with Crippen LogP contribution in [0.5, 0.6) is 0 Å². The molecule has 4 heteroatoms. The Morgan fingerprint density at radius 3 is 2.60 bits per heavy atom. The fourth-order valence-electron chi connectivity index (χ4n) is 3.03. The number of carboxylic acid groups (broad SMARTS) is 1. The van der Waals surface area contributed by atoms with Gasteiger partial charge in [-0.3, -0.25) is 4.79 Å². The van der Waals surface area contributed by atoms with Crippen LogP contribution in [0.2, 0.25) is 0 Å². The van der Waals surface area contributed by atoms with E-state index in [1.54, 1.807) is 6.92 Å². The van der Waals surface area contributed by atoms with Crippen LogP contribution in [0.15, 0.2) is 0 Å². The van der Waals surface area contributed by atoms with Gasteiger partial charge in [0.25, 0.3) is 0 Å². The van der Waals surface area contributed by atoms with Crippen LogP contribution in [0, 0.1) is 11.8 Å². The first-order valence-corrected chi connectivity index (χ1v) is 8.10. The van der Waals surface area contributed by atoms with E-state index < -0.39 is 11.5 Å². The van der Waals surface area contributed by atoms with E-state index in [4.69, 9.17) is 0 Å². The number of hydrogen-bond donors (Lipinski definition) is 2. The summed E-state index contributed by atoms with van der Waals surface area (Å²) in [6, 6.07) is 0. The van der Waals surface area contributed by atoms with E-state index in [9.17, 15) is 9.90 Å². The molecule has 2 N–H and O–H groups in total. The summed E-state index contributed by atoms with van der Waals surface area (Å²) in [7, 11) is 0. The van der Waals surface area contributed by atoms with E-state index in [1.165, 1.54) is 19.5 Å². The van der Waals surface area contributed by atoms with Crippen molar-refractivity contribution < 1.29 is 9.90 Å². The molecule has 3 unspecified atom stereocenters. The summed E-state index contributed by atoms with van der Waals surface area (Å²) in [5, 5.41) is 12.4. The highest BCUT2D eigenvalue weighted by Gasteiger charge is 2.31. The monoisotopic (exact) mass is 284 g/mol. The Balaban J connectivity index is 2.25. The van der Waals surface area contributed by atoms with Gasteiger partial charge in [0.2, 0.25) is 0 Å². The lowest BCUT2D eigenvalue weighted by atomic mass is 9.88. The minimum absolute atomic E-state index is 0.699. The van der Waals surface area contributed by atoms with Crippen molar-refractivity contribution in [2.45, 2.75) is 58.9 Å². The maximum absolute atomic E-state index is 11.3. The van der Waals surface area contributed by atoms with Gasteiger partial charge in [-0.25, -0.2) is 0 Å². The van der Waals surface area contributed by atoms with Crippen LogP contribution in [0.4, 0.5) is 0 Å². The average molecular weight is 284 g/mol. The summed E-state index contributed by atoms with van der Waals surface area (Å²) < 4.78 is 0. The molecule has 1 aliphatic rings. The summed E-state index contributed by atoms with van der Waals surface area (Å²) in [5.41, 5.74) is -0.765. The van der Waals surface area contributed by atoms with E-state index in [0.29, 0.717) is 13.0 Å². The number of unbranched alkanes of at least 4 members (excludes halogenated alkanes) is 1. The molecule has 3 atom stereocenters. The maximum Gasteiger partial charge on any atom is 0.323 e. The molecule has 0 spiro atoms. The molecule has 1 aliphatic heterocycles. The molecule has 4 nitrogen and oxygen atoms in total. The first kappa shape index (κ1) is 17.4. The van der Waals surface area contributed by atoms with Crippen LogP contribution < -0.4 is 5.32 Å². The van der Waals surface area contributed by atoms with E-state index in [1.807, 2.05) is 6.92 Å². The lowest BCUT2D eigenvalue weighted by Gasteiger charge is -2.35. The Hall–Kier alpha value is -0.610. The minimum Gasteiger partial charge on any atom is -0.480 e. The second-order valence-electron chi connectivity index (χ2n) is 6.67. The smallest absolute Gasteiger partial charge is 0.323 e. The first-order chi connectivity index (χ1) is 9.39. The molecule has 0 aliphatic carbocycles. The summed E-state index contributed by atoms with van der Waals surface area (Å²) >= 11 is 0. The maximum atomic E-state index is 11.3. The number of likely N-dealkylation sites (N-methyl/N-ethyl adjacent to an activating group) is 1. The quantitative estimate of drug-likeness (QED) is 0.673. The Kier molecular flexibility index (Phi) is 6.96. The molecule has 0 amide bonds. The summed E-state index contributed by atoms with van der Waals surface area (Å²) in [4.78, 5) is 13.9. The van der Waals surface area contributed by atoms with Crippen LogP contribution in [-0.4, -0.2) is 47.7 Å². The lowest BCUT2D eigenvalue weighted by molar-refractivity contribution is -0.144. The lowest BCUT2D eigenvalue weighted by Crippen LogP contribution is -2.49.